The van der Waals surface area contributed by atoms with Gasteiger partial charge in [-0.25, -0.2) is 0 Å². The van der Waals surface area contributed by atoms with Crippen molar-refractivity contribution in [3.05, 3.63) is 46.1 Å². The summed E-state index contributed by atoms with van der Waals surface area (Å²) < 4.78 is 12.1. The Hall–Kier alpha value is -1.53. The number of halogens is 1. The topological polar surface area (TPSA) is 58.5 Å². The Morgan fingerprint density at radius 3 is 3.00 bits per heavy atom. The van der Waals surface area contributed by atoms with E-state index in [9.17, 15) is 4.79 Å². The van der Waals surface area contributed by atoms with Crippen LogP contribution in [0.15, 0.2) is 33.3 Å². The number of aryl methyl sites for hydroxylation is 1. The van der Waals surface area contributed by atoms with Gasteiger partial charge in [-0.05, 0) is 41.1 Å². The molecule has 106 valence electrons. The molecule has 3 heterocycles. The van der Waals surface area contributed by atoms with Crippen LogP contribution in [0.5, 0.6) is 0 Å². The highest BCUT2D eigenvalue weighted by molar-refractivity contribution is 9.10. The van der Waals surface area contributed by atoms with Crippen LogP contribution >= 0.6 is 15.9 Å². The minimum atomic E-state index is -0.195. The number of H-pyrrole nitrogens is 1. The van der Waals surface area contributed by atoms with Crippen molar-refractivity contribution in [1.82, 2.24) is 9.88 Å². The molecule has 6 heteroatoms. The molecule has 0 radical (unpaired) electrons. The summed E-state index contributed by atoms with van der Waals surface area (Å²) in [5.74, 6) is 1.60. The summed E-state index contributed by atoms with van der Waals surface area (Å²) in [6.45, 7) is 3.50. The molecule has 1 fully saturated rings. The summed E-state index contributed by atoms with van der Waals surface area (Å²) in [6, 6.07) is 5.59. The van der Waals surface area contributed by atoms with Crippen molar-refractivity contribution in [2.75, 3.05) is 19.7 Å². The number of aromatic nitrogens is 1. The largest absolute Gasteiger partial charge is 0.464 e. The molecule has 1 aliphatic heterocycles. The molecule has 20 heavy (non-hydrogen) atoms. The van der Waals surface area contributed by atoms with Gasteiger partial charge in [0.15, 0.2) is 0 Å². The minimum absolute atomic E-state index is 0.0210. The lowest BCUT2D eigenvalue weighted by molar-refractivity contribution is -0.0325. The molecule has 1 unspecified atom stereocenters. The van der Waals surface area contributed by atoms with E-state index in [-0.39, 0.29) is 12.0 Å². The van der Waals surface area contributed by atoms with E-state index in [4.69, 9.17) is 9.15 Å². The average Bonchev–Trinajstić information content (AvgIpc) is 3.07. The van der Waals surface area contributed by atoms with Crippen molar-refractivity contribution in [2.45, 2.75) is 13.0 Å². The first-order valence-corrected chi connectivity index (χ1v) is 7.24. The van der Waals surface area contributed by atoms with Crippen LogP contribution in [0.4, 0.5) is 0 Å². The smallest absolute Gasteiger partial charge is 0.270 e. The molecule has 0 aliphatic carbocycles. The van der Waals surface area contributed by atoms with Crippen LogP contribution in [0.1, 0.15) is 28.1 Å². The number of rotatable bonds is 2. The summed E-state index contributed by atoms with van der Waals surface area (Å²) in [6.07, 6.45) is 1.56. The van der Waals surface area contributed by atoms with Gasteiger partial charge in [0.25, 0.3) is 5.91 Å². The highest BCUT2D eigenvalue weighted by atomic mass is 79.9. The van der Waals surface area contributed by atoms with Gasteiger partial charge in [-0.15, -0.1) is 0 Å². The highest BCUT2D eigenvalue weighted by Crippen LogP contribution is 2.25. The molecule has 1 atom stereocenters. The maximum atomic E-state index is 12.4. The third-order valence-corrected chi connectivity index (χ3v) is 3.77. The van der Waals surface area contributed by atoms with E-state index in [1.54, 1.807) is 17.2 Å². The first kappa shape index (κ1) is 13.5. The Balaban J connectivity index is 1.73. The number of nitrogens with one attached hydrogen (secondary N) is 1. The molecule has 0 spiro atoms. The fraction of sp³-hybridized carbons (Fsp3) is 0.357. The lowest BCUT2D eigenvalue weighted by atomic mass is 10.2. The maximum absolute atomic E-state index is 12.4. The number of furan rings is 1. The van der Waals surface area contributed by atoms with E-state index in [0.717, 1.165) is 16.0 Å². The van der Waals surface area contributed by atoms with Gasteiger partial charge in [0.05, 0.1) is 13.2 Å². The molecule has 1 N–H and O–H groups in total. The molecule has 0 bridgehead atoms. The van der Waals surface area contributed by atoms with E-state index in [0.29, 0.717) is 25.4 Å². The number of morpholine rings is 1. The lowest BCUT2D eigenvalue weighted by Crippen LogP contribution is -2.42. The molecule has 1 saturated heterocycles. The number of aromatic amines is 1. The Morgan fingerprint density at radius 2 is 2.35 bits per heavy atom. The van der Waals surface area contributed by atoms with E-state index >= 15 is 0 Å². The predicted molar refractivity (Wildman–Crippen MR) is 76.5 cm³/mol. The van der Waals surface area contributed by atoms with Crippen molar-refractivity contribution < 1.29 is 13.9 Å². The van der Waals surface area contributed by atoms with E-state index in [2.05, 4.69) is 20.9 Å². The van der Waals surface area contributed by atoms with Gasteiger partial charge in [-0.2, -0.15) is 0 Å². The van der Waals surface area contributed by atoms with E-state index in [1.165, 1.54) is 0 Å². The zero-order chi connectivity index (χ0) is 14.1. The van der Waals surface area contributed by atoms with Crippen molar-refractivity contribution in [1.29, 1.82) is 0 Å². The Bertz CT molecular complexity index is 619. The van der Waals surface area contributed by atoms with Crippen LogP contribution in [-0.4, -0.2) is 35.5 Å². The fourth-order valence-electron chi connectivity index (χ4n) is 2.29. The van der Waals surface area contributed by atoms with Crippen LogP contribution in [-0.2, 0) is 4.74 Å². The van der Waals surface area contributed by atoms with Crippen LogP contribution < -0.4 is 0 Å². The summed E-state index contributed by atoms with van der Waals surface area (Å²) in [4.78, 5) is 17.1. The molecule has 1 aliphatic rings. The molecule has 5 nitrogen and oxygen atoms in total. The number of hydrogen-bond donors (Lipinski definition) is 1. The molecular weight excluding hydrogens is 324 g/mol. The molecule has 2 aromatic heterocycles. The lowest BCUT2D eigenvalue weighted by Gasteiger charge is -2.31. The quantitative estimate of drug-likeness (QED) is 0.915. The fourth-order valence-corrected chi connectivity index (χ4v) is 2.64. The van der Waals surface area contributed by atoms with Crippen LogP contribution in [0.25, 0.3) is 0 Å². The molecule has 0 aromatic carbocycles. The van der Waals surface area contributed by atoms with Crippen LogP contribution in [0, 0.1) is 6.92 Å². The molecule has 0 saturated carbocycles. The Morgan fingerprint density at radius 1 is 1.50 bits per heavy atom. The van der Waals surface area contributed by atoms with Crippen molar-refractivity contribution in [3.63, 3.8) is 0 Å². The summed E-state index contributed by atoms with van der Waals surface area (Å²) >= 11 is 3.33. The monoisotopic (exact) mass is 338 g/mol. The van der Waals surface area contributed by atoms with Gasteiger partial charge in [-0.1, -0.05) is 0 Å². The molecule has 3 rings (SSSR count). The third-order valence-electron chi connectivity index (χ3n) is 3.31. The summed E-state index contributed by atoms with van der Waals surface area (Å²) in [7, 11) is 0. The van der Waals surface area contributed by atoms with Gasteiger partial charge < -0.3 is 19.0 Å². The van der Waals surface area contributed by atoms with Crippen molar-refractivity contribution in [3.8, 4) is 0 Å². The second kappa shape index (κ2) is 5.46. The second-order valence-corrected chi connectivity index (χ2v) is 5.71. The first-order valence-electron chi connectivity index (χ1n) is 6.44. The van der Waals surface area contributed by atoms with E-state index < -0.39 is 0 Å². The van der Waals surface area contributed by atoms with Crippen molar-refractivity contribution >= 4 is 21.8 Å². The number of carbonyl (C=O) groups excluding carboxylic acids is 1. The summed E-state index contributed by atoms with van der Waals surface area (Å²) in [5.41, 5.74) is 0.577. The SMILES string of the molecule is Cc1ccc(C2CN(C(=O)c3cc(Br)c[nH]3)CCO2)o1. The standard InChI is InChI=1S/C14H15BrN2O3/c1-9-2-3-12(20-9)13-8-17(4-5-19-13)14(18)11-6-10(15)7-16-11/h2-3,6-7,13,16H,4-5,8H2,1H3. The molecule has 1 amide bonds. The number of ether oxygens (including phenoxy) is 1. The third kappa shape index (κ3) is 2.66. The number of carbonyl (C=O) groups is 1. The van der Waals surface area contributed by atoms with Crippen molar-refractivity contribution in [2.24, 2.45) is 0 Å². The highest BCUT2D eigenvalue weighted by Gasteiger charge is 2.28. The van der Waals surface area contributed by atoms with E-state index in [1.807, 2.05) is 19.1 Å². The van der Waals surface area contributed by atoms with Gasteiger partial charge in [0.2, 0.25) is 0 Å². The van der Waals surface area contributed by atoms with Crippen LogP contribution in [0.2, 0.25) is 0 Å². The number of amides is 1. The zero-order valence-corrected chi connectivity index (χ0v) is 12.6. The zero-order valence-electron chi connectivity index (χ0n) is 11.1. The van der Waals surface area contributed by atoms with Gasteiger partial charge in [-0.3, -0.25) is 4.79 Å². The van der Waals surface area contributed by atoms with Gasteiger partial charge in [0.1, 0.15) is 23.3 Å². The van der Waals surface area contributed by atoms with Gasteiger partial charge in [0, 0.05) is 17.2 Å². The normalized spacial score (nSPS) is 19.3. The molecular formula is C14H15BrN2O3. The average molecular weight is 339 g/mol. The number of nitrogens with zero attached hydrogens (tertiary/aromatic N) is 1. The Labute approximate surface area is 125 Å². The molecule has 2 aromatic rings. The maximum Gasteiger partial charge on any atom is 0.270 e. The number of hydrogen-bond acceptors (Lipinski definition) is 3. The van der Waals surface area contributed by atoms with Gasteiger partial charge >= 0.3 is 0 Å². The minimum Gasteiger partial charge on any atom is -0.464 e. The second-order valence-electron chi connectivity index (χ2n) is 4.79. The Kier molecular flexibility index (Phi) is 3.67. The first-order chi connectivity index (χ1) is 9.63. The summed E-state index contributed by atoms with van der Waals surface area (Å²) in [5, 5.41) is 0. The predicted octanol–water partition coefficient (Wildman–Crippen LogP) is 2.89. The van der Waals surface area contributed by atoms with Crippen LogP contribution in [0.3, 0.4) is 0 Å².